The molecule has 1 aliphatic rings. The number of hydrogen-bond donors (Lipinski definition) is 4. The highest BCUT2D eigenvalue weighted by atomic mass is 16.6. The summed E-state index contributed by atoms with van der Waals surface area (Å²) in [6.07, 6.45) is -4.25. The van der Waals surface area contributed by atoms with Gasteiger partial charge in [0.2, 0.25) is 0 Å². The molecule has 1 fully saturated rings. The van der Waals surface area contributed by atoms with Crippen molar-refractivity contribution in [2.45, 2.75) is 24.6 Å². The lowest BCUT2D eigenvalue weighted by Gasteiger charge is -2.10. The van der Waals surface area contributed by atoms with Crippen LogP contribution in [0.4, 0.5) is 0 Å². The van der Waals surface area contributed by atoms with Gasteiger partial charge in [-0.15, -0.1) is 0 Å². The van der Waals surface area contributed by atoms with Crippen LogP contribution in [0.5, 0.6) is 0 Å². The largest absolute Gasteiger partial charge is 0.387 e. The third-order valence-corrected chi connectivity index (χ3v) is 1.57. The van der Waals surface area contributed by atoms with Crippen molar-refractivity contribution in [2.24, 2.45) is 5.73 Å². The normalized spacial score (nSPS) is 48.0. The Hall–Kier alpha value is -0.200. The summed E-state index contributed by atoms with van der Waals surface area (Å²) >= 11 is 0. The third kappa shape index (κ3) is 1.14. The van der Waals surface area contributed by atoms with Crippen molar-refractivity contribution in [3.8, 4) is 0 Å². The topological polar surface area (TPSA) is 95.9 Å². The molecule has 0 aromatic heterocycles. The molecule has 1 rings (SSSR count). The van der Waals surface area contributed by atoms with E-state index in [1.807, 2.05) is 0 Å². The van der Waals surface area contributed by atoms with Gasteiger partial charge in [-0.1, -0.05) is 0 Å². The van der Waals surface area contributed by atoms with Crippen molar-refractivity contribution in [3.05, 3.63) is 0 Å². The van der Waals surface area contributed by atoms with Gasteiger partial charge in [-0.25, -0.2) is 0 Å². The second-order valence-electron chi connectivity index (χ2n) is 2.28. The van der Waals surface area contributed by atoms with Crippen LogP contribution >= 0.6 is 0 Å². The van der Waals surface area contributed by atoms with E-state index in [2.05, 4.69) is 4.74 Å². The van der Waals surface area contributed by atoms with Crippen molar-refractivity contribution in [1.29, 1.82) is 0 Å². The van der Waals surface area contributed by atoms with Gasteiger partial charge in [-0.2, -0.15) is 0 Å². The maximum absolute atomic E-state index is 9.01. The Balaban J connectivity index is 2.53. The van der Waals surface area contributed by atoms with Crippen molar-refractivity contribution >= 4 is 0 Å². The quantitative estimate of drug-likeness (QED) is 0.327. The predicted octanol–water partition coefficient (Wildman–Crippen LogP) is -2.62. The van der Waals surface area contributed by atoms with E-state index in [9.17, 15) is 0 Å². The molecule has 1 aliphatic heterocycles. The number of rotatable bonds is 1. The molecular formula is C5H11NO4. The highest BCUT2D eigenvalue weighted by Gasteiger charge is 2.40. The van der Waals surface area contributed by atoms with Crippen molar-refractivity contribution in [1.82, 2.24) is 0 Å². The summed E-state index contributed by atoms with van der Waals surface area (Å²) in [6.45, 7) is 0.0925. The highest BCUT2D eigenvalue weighted by Crippen LogP contribution is 2.17. The molecule has 1 heterocycles. The number of aliphatic hydroxyl groups is 3. The van der Waals surface area contributed by atoms with Gasteiger partial charge in [-0.3, -0.25) is 0 Å². The van der Waals surface area contributed by atoms with Gasteiger partial charge in [-0.05, 0) is 0 Å². The molecule has 0 radical (unpaired) electrons. The third-order valence-electron chi connectivity index (χ3n) is 1.57. The smallest absolute Gasteiger partial charge is 0.184 e. The Morgan fingerprint density at radius 3 is 2.00 bits per heavy atom. The fourth-order valence-corrected chi connectivity index (χ4v) is 0.924. The van der Waals surface area contributed by atoms with Gasteiger partial charge in [0.05, 0.1) is 0 Å². The van der Waals surface area contributed by atoms with Gasteiger partial charge in [0.15, 0.2) is 6.29 Å². The molecule has 1 unspecified atom stereocenters. The Morgan fingerprint density at radius 2 is 1.80 bits per heavy atom. The first-order valence-electron chi connectivity index (χ1n) is 3.06. The number of ether oxygens (including phenoxy) is 1. The lowest BCUT2D eigenvalue weighted by molar-refractivity contribution is -0.125. The minimum absolute atomic E-state index is 0.0925. The number of nitrogens with two attached hydrogens (primary N) is 1. The standard InChI is InChI=1S/C5H11NO4/c6-1-2-3(7)4(8)5(9)10-2/h2-5,7-9H,1,6H2/t2-,3-,4-,5?/m0/s1. The highest BCUT2D eigenvalue weighted by molar-refractivity contribution is 4.85. The molecule has 0 aromatic carbocycles. The van der Waals surface area contributed by atoms with Gasteiger partial charge < -0.3 is 25.8 Å². The van der Waals surface area contributed by atoms with Crippen LogP contribution in [0.25, 0.3) is 0 Å². The number of hydrogen-bond acceptors (Lipinski definition) is 5. The molecule has 5 N–H and O–H groups in total. The molecule has 4 atom stereocenters. The molecule has 0 aromatic rings. The van der Waals surface area contributed by atoms with E-state index in [1.54, 1.807) is 0 Å². The lowest BCUT2D eigenvalue weighted by Crippen LogP contribution is -2.35. The first kappa shape index (κ1) is 7.90. The summed E-state index contributed by atoms with van der Waals surface area (Å²) in [5.41, 5.74) is 5.14. The van der Waals surface area contributed by atoms with E-state index in [-0.39, 0.29) is 6.54 Å². The van der Waals surface area contributed by atoms with Crippen molar-refractivity contribution in [2.75, 3.05) is 6.54 Å². The van der Waals surface area contributed by atoms with E-state index in [4.69, 9.17) is 21.1 Å². The van der Waals surface area contributed by atoms with Gasteiger partial charge >= 0.3 is 0 Å². The Kier molecular flexibility index (Phi) is 2.22. The summed E-state index contributed by atoms with van der Waals surface area (Å²) in [7, 11) is 0. The van der Waals surface area contributed by atoms with Crippen LogP contribution in [-0.2, 0) is 4.74 Å². The van der Waals surface area contributed by atoms with Crippen LogP contribution < -0.4 is 5.73 Å². The van der Waals surface area contributed by atoms with E-state index in [1.165, 1.54) is 0 Å². The summed E-state index contributed by atoms with van der Waals surface area (Å²) in [5, 5.41) is 26.7. The molecule has 0 amide bonds. The molecule has 0 bridgehead atoms. The molecule has 10 heavy (non-hydrogen) atoms. The second kappa shape index (κ2) is 2.81. The average molecular weight is 149 g/mol. The molecule has 60 valence electrons. The average Bonchev–Trinajstić information content (AvgIpc) is 2.17. The fraction of sp³-hybridized carbons (Fsp3) is 1.00. The van der Waals surface area contributed by atoms with E-state index in [0.29, 0.717) is 0 Å². The van der Waals surface area contributed by atoms with Crippen LogP contribution in [0.3, 0.4) is 0 Å². The summed E-state index contributed by atoms with van der Waals surface area (Å²) in [4.78, 5) is 0. The molecule has 0 saturated carbocycles. The molecular weight excluding hydrogens is 138 g/mol. The molecule has 5 nitrogen and oxygen atoms in total. The second-order valence-corrected chi connectivity index (χ2v) is 2.28. The van der Waals surface area contributed by atoms with E-state index >= 15 is 0 Å². The zero-order valence-corrected chi connectivity index (χ0v) is 5.34. The summed E-state index contributed by atoms with van der Waals surface area (Å²) in [5.74, 6) is 0. The van der Waals surface area contributed by atoms with Crippen LogP contribution in [0.1, 0.15) is 0 Å². The predicted molar refractivity (Wildman–Crippen MR) is 31.9 cm³/mol. The SMILES string of the molecule is NC[C@@H]1OC(O)[C@@H](O)[C@H]1O. The Bertz CT molecular complexity index is 120. The maximum Gasteiger partial charge on any atom is 0.184 e. The summed E-state index contributed by atoms with van der Waals surface area (Å²) < 4.78 is 4.67. The molecule has 0 aliphatic carbocycles. The van der Waals surface area contributed by atoms with Gasteiger partial charge in [0, 0.05) is 6.54 Å². The lowest BCUT2D eigenvalue weighted by atomic mass is 10.1. The van der Waals surface area contributed by atoms with E-state index < -0.39 is 24.6 Å². The minimum Gasteiger partial charge on any atom is -0.387 e. The van der Waals surface area contributed by atoms with Gasteiger partial charge in [0.1, 0.15) is 18.3 Å². The molecule has 0 spiro atoms. The Labute approximate surface area is 58.0 Å². The van der Waals surface area contributed by atoms with Crippen LogP contribution in [0.2, 0.25) is 0 Å². The Morgan fingerprint density at radius 1 is 1.20 bits per heavy atom. The maximum atomic E-state index is 9.01. The zero-order chi connectivity index (χ0) is 7.72. The van der Waals surface area contributed by atoms with Gasteiger partial charge in [0.25, 0.3) is 0 Å². The van der Waals surface area contributed by atoms with E-state index in [0.717, 1.165) is 0 Å². The monoisotopic (exact) mass is 149 g/mol. The van der Waals surface area contributed by atoms with Crippen LogP contribution in [0, 0.1) is 0 Å². The van der Waals surface area contributed by atoms with Crippen LogP contribution in [0.15, 0.2) is 0 Å². The zero-order valence-electron chi connectivity index (χ0n) is 5.34. The van der Waals surface area contributed by atoms with Crippen molar-refractivity contribution < 1.29 is 20.1 Å². The minimum atomic E-state index is -1.30. The van der Waals surface area contributed by atoms with Crippen molar-refractivity contribution in [3.63, 3.8) is 0 Å². The molecule has 5 heteroatoms. The first-order chi connectivity index (χ1) is 4.66. The molecule has 1 saturated heterocycles. The fourth-order valence-electron chi connectivity index (χ4n) is 0.924. The summed E-state index contributed by atoms with van der Waals surface area (Å²) in [6, 6.07) is 0. The first-order valence-corrected chi connectivity index (χ1v) is 3.06. The number of aliphatic hydroxyl groups excluding tert-OH is 3. The van der Waals surface area contributed by atoms with Crippen LogP contribution in [-0.4, -0.2) is 46.5 Å².